The van der Waals surface area contributed by atoms with Gasteiger partial charge in [0.1, 0.15) is 0 Å². The molecule has 0 N–H and O–H groups in total. The normalized spacial score (nSPS) is 48.0. The fourth-order valence-electron chi connectivity index (χ4n) is 11.6. The molecule has 6 aliphatic rings. The number of hydrogen-bond donors (Lipinski definition) is 0. The maximum atomic E-state index is 12.0. The molecular weight excluding hydrogens is 528 g/mol. The van der Waals surface area contributed by atoms with Crippen LogP contribution in [0.3, 0.4) is 0 Å². The minimum Gasteiger partial charge on any atom is -0.469 e. The molecule has 6 fully saturated rings. The Balaban J connectivity index is 1.24. The van der Waals surface area contributed by atoms with Crippen LogP contribution in [-0.4, -0.2) is 51.1 Å². The number of carbonyl (C=O) groups excluding carboxylic acids is 1. The van der Waals surface area contributed by atoms with Gasteiger partial charge in [-0.2, -0.15) is 0 Å². The van der Waals surface area contributed by atoms with E-state index >= 15 is 0 Å². The second-order valence-corrected chi connectivity index (χ2v) is 15.8. The van der Waals surface area contributed by atoms with E-state index in [2.05, 4.69) is 27.7 Å². The molecule has 6 heteroatoms. The molecule has 240 valence electrons. The number of esters is 1. The first kappa shape index (κ1) is 31.3. The van der Waals surface area contributed by atoms with E-state index in [9.17, 15) is 4.79 Å². The topological polar surface area (TPSA) is 63.2 Å². The lowest BCUT2D eigenvalue weighted by Gasteiger charge is -2.65. The molecule has 4 aliphatic carbocycles. The summed E-state index contributed by atoms with van der Waals surface area (Å²) in [5, 5.41) is 0. The molecule has 0 aromatic carbocycles. The number of hydrogen-bond acceptors (Lipinski definition) is 6. The third kappa shape index (κ3) is 5.85. The minimum atomic E-state index is -0.0686. The van der Waals surface area contributed by atoms with Crippen LogP contribution in [-0.2, 0) is 28.5 Å². The van der Waals surface area contributed by atoms with Gasteiger partial charge in [0.05, 0.1) is 19.3 Å². The minimum absolute atomic E-state index is 0.00517. The van der Waals surface area contributed by atoms with Crippen molar-refractivity contribution < 1.29 is 28.5 Å². The van der Waals surface area contributed by atoms with E-state index in [-0.39, 0.29) is 24.7 Å². The van der Waals surface area contributed by atoms with Gasteiger partial charge in [-0.1, -0.05) is 27.7 Å². The summed E-state index contributed by atoms with van der Waals surface area (Å²) in [5.74, 6) is 4.19. The molecule has 0 spiro atoms. The summed E-state index contributed by atoms with van der Waals surface area (Å²) < 4.78 is 31.1. The fourth-order valence-corrected chi connectivity index (χ4v) is 11.6. The van der Waals surface area contributed by atoms with Crippen molar-refractivity contribution in [1.82, 2.24) is 0 Å². The molecule has 0 amide bonds. The van der Waals surface area contributed by atoms with Gasteiger partial charge in [0, 0.05) is 19.6 Å². The molecule has 2 saturated heterocycles. The maximum absolute atomic E-state index is 12.0. The van der Waals surface area contributed by atoms with Crippen molar-refractivity contribution in [2.75, 3.05) is 20.3 Å². The van der Waals surface area contributed by atoms with Crippen LogP contribution in [0.1, 0.15) is 124 Å². The van der Waals surface area contributed by atoms with Crippen molar-refractivity contribution in [3.8, 4) is 0 Å². The van der Waals surface area contributed by atoms with Crippen molar-refractivity contribution in [2.45, 2.75) is 149 Å². The smallest absolute Gasteiger partial charge is 0.305 e. The SMILES string of the molecule is COC(=O)CC[C@@H](C)[C@H]1CC[C@H]2[C@@H]3[C@H](OC4CCCCO4)[C@H](C)[C@@H]4C[C@H](OC5CCCCO5)CC[C@]4(C)[C@H]3CC[C@]12C. The van der Waals surface area contributed by atoms with Gasteiger partial charge in [-0.25, -0.2) is 0 Å². The van der Waals surface area contributed by atoms with E-state index in [4.69, 9.17) is 23.7 Å². The van der Waals surface area contributed by atoms with Crippen molar-refractivity contribution >= 4 is 5.97 Å². The van der Waals surface area contributed by atoms with Gasteiger partial charge >= 0.3 is 5.97 Å². The number of rotatable bonds is 8. The van der Waals surface area contributed by atoms with Gasteiger partial charge < -0.3 is 23.7 Å². The van der Waals surface area contributed by atoms with Crippen molar-refractivity contribution in [2.24, 2.45) is 52.3 Å². The van der Waals surface area contributed by atoms with E-state index in [1.165, 1.54) is 58.5 Å². The van der Waals surface area contributed by atoms with E-state index in [0.29, 0.717) is 64.8 Å². The molecule has 2 unspecified atom stereocenters. The van der Waals surface area contributed by atoms with Gasteiger partial charge in [-0.05, 0) is 142 Å². The van der Waals surface area contributed by atoms with E-state index < -0.39 is 0 Å². The molecular formula is C36H60O6. The number of fused-ring (bicyclic) bond motifs is 5. The highest BCUT2D eigenvalue weighted by Crippen LogP contribution is 2.70. The van der Waals surface area contributed by atoms with Gasteiger partial charge in [-0.15, -0.1) is 0 Å². The second-order valence-electron chi connectivity index (χ2n) is 15.8. The van der Waals surface area contributed by atoms with E-state index in [1.807, 2.05) is 0 Å². The Labute approximate surface area is 255 Å². The van der Waals surface area contributed by atoms with Crippen LogP contribution in [0, 0.1) is 52.3 Å². The summed E-state index contributed by atoms with van der Waals surface area (Å²) in [6.07, 6.45) is 17.6. The van der Waals surface area contributed by atoms with Crippen molar-refractivity contribution in [1.29, 1.82) is 0 Å². The lowest BCUT2D eigenvalue weighted by molar-refractivity contribution is -0.275. The molecule has 0 aromatic heterocycles. The average molecular weight is 589 g/mol. The highest BCUT2D eigenvalue weighted by Gasteiger charge is 2.65. The summed E-state index contributed by atoms with van der Waals surface area (Å²) in [4.78, 5) is 12.0. The molecule has 2 heterocycles. The Hall–Kier alpha value is -0.690. The highest BCUT2D eigenvalue weighted by molar-refractivity contribution is 5.69. The highest BCUT2D eigenvalue weighted by atomic mass is 16.7. The Morgan fingerprint density at radius 2 is 1.50 bits per heavy atom. The fraction of sp³-hybridized carbons (Fsp3) is 0.972. The quantitative estimate of drug-likeness (QED) is 0.212. The molecule has 0 bridgehead atoms. The number of ether oxygens (including phenoxy) is 5. The third-order valence-corrected chi connectivity index (χ3v) is 13.8. The summed E-state index contributed by atoms with van der Waals surface area (Å²) in [7, 11) is 1.51. The summed E-state index contributed by atoms with van der Waals surface area (Å²) in [5.41, 5.74) is 0.647. The Kier molecular flexibility index (Phi) is 9.66. The predicted molar refractivity (Wildman–Crippen MR) is 162 cm³/mol. The molecule has 2 aliphatic heterocycles. The summed E-state index contributed by atoms with van der Waals surface area (Å²) >= 11 is 0. The first-order valence-corrected chi connectivity index (χ1v) is 17.9. The number of methoxy groups -OCH3 is 1. The molecule has 4 saturated carbocycles. The zero-order valence-corrected chi connectivity index (χ0v) is 27.3. The van der Waals surface area contributed by atoms with Crippen molar-refractivity contribution in [3.05, 3.63) is 0 Å². The van der Waals surface area contributed by atoms with Crippen LogP contribution in [0.2, 0.25) is 0 Å². The van der Waals surface area contributed by atoms with Crippen LogP contribution < -0.4 is 0 Å². The Bertz CT molecular complexity index is 913. The van der Waals surface area contributed by atoms with Gasteiger partial charge in [0.25, 0.3) is 0 Å². The Morgan fingerprint density at radius 3 is 2.17 bits per heavy atom. The standard InChI is InChI=1S/C36H60O6/c1-23(12-15-30(37)38-5)26-13-14-27-33-28(17-19-35(26,27)3)36(4)18-16-25(41-31-10-6-8-20-39-31)22-29(36)24(2)34(33)42-32-11-7-9-21-40-32/h23-29,31-34H,6-22H2,1-5H3/t23-,24-,25-,26-,27+,28+,29+,31?,32?,33+,34-,35-,36-/m1/s1. The molecule has 6 rings (SSSR count). The second kappa shape index (κ2) is 13.0. The van der Waals surface area contributed by atoms with Gasteiger partial charge in [0.15, 0.2) is 12.6 Å². The van der Waals surface area contributed by atoms with E-state index in [1.54, 1.807) is 0 Å². The van der Waals surface area contributed by atoms with E-state index in [0.717, 1.165) is 51.7 Å². The maximum Gasteiger partial charge on any atom is 0.305 e. The van der Waals surface area contributed by atoms with Crippen LogP contribution in [0.4, 0.5) is 0 Å². The number of carbonyl (C=O) groups is 1. The summed E-state index contributed by atoms with van der Waals surface area (Å²) in [6, 6.07) is 0. The van der Waals surface area contributed by atoms with Crippen LogP contribution in [0.15, 0.2) is 0 Å². The van der Waals surface area contributed by atoms with Crippen LogP contribution >= 0.6 is 0 Å². The van der Waals surface area contributed by atoms with Crippen LogP contribution in [0.5, 0.6) is 0 Å². The first-order valence-electron chi connectivity index (χ1n) is 17.9. The first-order chi connectivity index (χ1) is 20.2. The van der Waals surface area contributed by atoms with Gasteiger partial charge in [-0.3, -0.25) is 4.79 Å². The summed E-state index contributed by atoms with van der Waals surface area (Å²) in [6.45, 7) is 11.9. The van der Waals surface area contributed by atoms with Crippen LogP contribution in [0.25, 0.3) is 0 Å². The van der Waals surface area contributed by atoms with Crippen molar-refractivity contribution in [3.63, 3.8) is 0 Å². The zero-order valence-electron chi connectivity index (χ0n) is 27.3. The Morgan fingerprint density at radius 1 is 0.833 bits per heavy atom. The lowest BCUT2D eigenvalue weighted by atomic mass is 9.41. The average Bonchev–Trinajstić information content (AvgIpc) is 3.36. The lowest BCUT2D eigenvalue weighted by Crippen LogP contribution is -2.63. The molecule has 13 atom stereocenters. The zero-order chi connectivity index (χ0) is 29.5. The monoisotopic (exact) mass is 588 g/mol. The molecule has 6 nitrogen and oxygen atoms in total. The molecule has 0 radical (unpaired) electrons. The molecule has 0 aromatic rings. The predicted octanol–water partition coefficient (Wildman–Crippen LogP) is 7.91. The van der Waals surface area contributed by atoms with Gasteiger partial charge in [0.2, 0.25) is 0 Å². The largest absolute Gasteiger partial charge is 0.469 e. The third-order valence-electron chi connectivity index (χ3n) is 13.8. The molecule has 42 heavy (non-hydrogen) atoms.